The molecule has 2 heterocycles. The fraction of sp³-hybridized carbons (Fsp3) is 0.700. The normalized spacial score (nSPS) is 30.7. The van der Waals surface area contributed by atoms with E-state index < -0.39 is 0 Å². The molecule has 1 aliphatic heterocycles. The van der Waals surface area contributed by atoms with Crippen LogP contribution in [0.15, 0.2) is 0 Å². The van der Waals surface area contributed by atoms with E-state index in [0.29, 0.717) is 23.6 Å². The summed E-state index contributed by atoms with van der Waals surface area (Å²) in [4.78, 5) is 12.1. The first-order chi connectivity index (χ1) is 8.24. The average Bonchev–Trinajstić information content (AvgIpc) is 3.01. The number of piperidine rings is 1. The molecule has 17 heavy (non-hydrogen) atoms. The van der Waals surface area contributed by atoms with Crippen LogP contribution in [0.2, 0.25) is 0 Å². The van der Waals surface area contributed by atoms with Crippen molar-refractivity contribution in [2.24, 2.45) is 11.8 Å². The van der Waals surface area contributed by atoms with Gasteiger partial charge in [0.1, 0.15) is 5.01 Å². The number of nitrogens with two attached hydrogens (primary N) is 1. The number of nitrogens with zero attached hydrogens (tertiary/aromatic N) is 2. The number of carbonyl (C=O) groups is 1. The van der Waals surface area contributed by atoms with E-state index in [2.05, 4.69) is 20.8 Å². The Balaban J connectivity index is 1.57. The van der Waals surface area contributed by atoms with Gasteiger partial charge in [-0.1, -0.05) is 11.3 Å². The number of anilines is 1. The van der Waals surface area contributed by atoms with Gasteiger partial charge in [0.15, 0.2) is 0 Å². The highest BCUT2D eigenvalue weighted by atomic mass is 32.1. The average molecular weight is 253 g/mol. The van der Waals surface area contributed by atoms with Crippen molar-refractivity contribution in [2.75, 3.05) is 12.3 Å². The van der Waals surface area contributed by atoms with Gasteiger partial charge in [-0.15, -0.1) is 10.2 Å². The van der Waals surface area contributed by atoms with Crippen molar-refractivity contribution in [3.8, 4) is 0 Å². The van der Waals surface area contributed by atoms with E-state index in [1.165, 1.54) is 17.8 Å². The molecular formula is C10H15N5OS. The van der Waals surface area contributed by atoms with Crippen LogP contribution >= 0.6 is 11.3 Å². The van der Waals surface area contributed by atoms with Gasteiger partial charge in [-0.3, -0.25) is 4.79 Å². The molecule has 1 saturated heterocycles. The molecule has 3 rings (SSSR count). The van der Waals surface area contributed by atoms with Crippen LogP contribution < -0.4 is 16.4 Å². The maximum Gasteiger partial charge on any atom is 0.225 e. The maximum atomic E-state index is 12.1. The van der Waals surface area contributed by atoms with Gasteiger partial charge in [0.25, 0.3) is 0 Å². The molecule has 1 aromatic heterocycles. The number of aromatic nitrogens is 2. The van der Waals surface area contributed by atoms with Crippen LogP contribution in [0.3, 0.4) is 0 Å². The minimum Gasteiger partial charge on any atom is -0.374 e. The van der Waals surface area contributed by atoms with Gasteiger partial charge in [0.2, 0.25) is 11.0 Å². The summed E-state index contributed by atoms with van der Waals surface area (Å²) in [6.45, 7) is 1.41. The van der Waals surface area contributed by atoms with E-state index in [1.54, 1.807) is 0 Å². The summed E-state index contributed by atoms with van der Waals surface area (Å²) >= 11 is 1.31. The van der Waals surface area contributed by atoms with Gasteiger partial charge in [-0.05, 0) is 25.3 Å². The quantitative estimate of drug-likeness (QED) is 0.690. The molecule has 1 amide bonds. The summed E-state index contributed by atoms with van der Waals surface area (Å²) in [6, 6.07) is 0.375. The first-order valence-electron chi connectivity index (χ1n) is 5.83. The van der Waals surface area contributed by atoms with Crippen molar-refractivity contribution >= 4 is 22.4 Å². The second-order valence-electron chi connectivity index (χ2n) is 4.63. The Bertz CT molecular complexity index is 414. The van der Waals surface area contributed by atoms with Gasteiger partial charge in [0.05, 0.1) is 12.5 Å². The summed E-state index contributed by atoms with van der Waals surface area (Å²) in [5.74, 6) is 0.788. The zero-order chi connectivity index (χ0) is 11.8. The van der Waals surface area contributed by atoms with Crippen molar-refractivity contribution in [1.82, 2.24) is 20.8 Å². The van der Waals surface area contributed by atoms with Gasteiger partial charge >= 0.3 is 0 Å². The number of hydrogen-bond acceptors (Lipinski definition) is 6. The number of amides is 1. The van der Waals surface area contributed by atoms with E-state index >= 15 is 0 Å². The predicted octanol–water partition coefficient (Wildman–Crippen LogP) is -0.266. The lowest BCUT2D eigenvalue weighted by Gasteiger charge is -2.13. The van der Waals surface area contributed by atoms with Crippen molar-refractivity contribution in [1.29, 1.82) is 0 Å². The molecule has 2 aliphatic rings. The summed E-state index contributed by atoms with van der Waals surface area (Å²) in [5, 5.41) is 15.1. The molecule has 1 saturated carbocycles. The molecule has 0 unspecified atom stereocenters. The van der Waals surface area contributed by atoms with Crippen LogP contribution in [0.5, 0.6) is 0 Å². The summed E-state index contributed by atoms with van der Waals surface area (Å²) in [6.07, 6.45) is 2.29. The first kappa shape index (κ1) is 10.9. The standard InChI is InChI=1S/C10H15N5OS/c11-10-15-14-7(17-10)4-13-9(16)8-5-1-2-6(8)12-3-5/h5-6,8,12H,1-4H2,(H2,11,15)(H,13,16)/t5-,6-,8+/m0/s1. The second-order valence-corrected chi connectivity index (χ2v) is 5.72. The van der Waals surface area contributed by atoms with Crippen LogP contribution in [0.4, 0.5) is 5.13 Å². The largest absolute Gasteiger partial charge is 0.374 e. The highest BCUT2D eigenvalue weighted by molar-refractivity contribution is 7.15. The van der Waals surface area contributed by atoms with Crippen molar-refractivity contribution < 1.29 is 4.79 Å². The zero-order valence-electron chi connectivity index (χ0n) is 9.35. The Morgan fingerprint density at radius 3 is 2.94 bits per heavy atom. The van der Waals surface area contributed by atoms with Crippen LogP contribution in [-0.2, 0) is 11.3 Å². The Labute approximate surface area is 103 Å². The SMILES string of the molecule is Nc1nnc(CNC(=O)[C@@H]2[C@H]3CC[C@@H]2NC3)s1. The third-order valence-electron chi connectivity index (χ3n) is 3.63. The molecule has 2 fully saturated rings. The number of nitrogens with one attached hydrogen (secondary N) is 2. The Kier molecular flexibility index (Phi) is 2.71. The summed E-state index contributed by atoms with van der Waals surface area (Å²) in [7, 11) is 0. The van der Waals surface area contributed by atoms with Gasteiger partial charge < -0.3 is 16.4 Å². The van der Waals surface area contributed by atoms with Gasteiger partial charge in [-0.2, -0.15) is 0 Å². The Morgan fingerprint density at radius 2 is 2.41 bits per heavy atom. The first-order valence-corrected chi connectivity index (χ1v) is 6.64. The summed E-state index contributed by atoms with van der Waals surface area (Å²) < 4.78 is 0. The van der Waals surface area contributed by atoms with Crippen molar-refractivity contribution in [2.45, 2.75) is 25.4 Å². The number of fused-ring (bicyclic) bond motifs is 2. The lowest BCUT2D eigenvalue weighted by Crippen LogP contribution is -2.36. The van der Waals surface area contributed by atoms with Crippen LogP contribution in [0.1, 0.15) is 17.8 Å². The van der Waals surface area contributed by atoms with Crippen LogP contribution in [-0.4, -0.2) is 28.7 Å². The van der Waals surface area contributed by atoms with Crippen LogP contribution in [0, 0.1) is 11.8 Å². The molecule has 1 aliphatic carbocycles. The molecule has 0 spiro atoms. The van der Waals surface area contributed by atoms with Gasteiger partial charge in [-0.25, -0.2) is 0 Å². The second kappa shape index (κ2) is 4.23. The highest BCUT2D eigenvalue weighted by Gasteiger charge is 2.45. The smallest absolute Gasteiger partial charge is 0.225 e. The number of carbonyl (C=O) groups excluding carboxylic acids is 1. The lowest BCUT2D eigenvalue weighted by atomic mass is 9.97. The minimum atomic E-state index is 0.135. The lowest BCUT2D eigenvalue weighted by molar-refractivity contribution is -0.125. The predicted molar refractivity (Wildman–Crippen MR) is 64.2 cm³/mol. The fourth-order valence-corrected chi connectivity index (χ4v) is 3.41. The topological polar surface area (TPSA) is 92.9 Å². The highest BCUT2D eigenvalue weighted by Crippen LogP contribution is 2.36. The molecular weight excluding hydrogens is 238 g/mol. The molecule has 6 nitrogen and oxygen atoms in total. The molecule has 0 aromatic carbocycles. The van der Waals surface area contributed by atoms with Gasteiger partial charge in [0, 0.05) is 6.04 Å². The molecule has 0 radical (unpaired) electrons. The van der Waals surface area contributed by atoms with E-state index in [9.17, 15) is 4.79 Å². The Hall–Kier alpha value is -1.21. The molecule has 3 atom stereocenters. The Morgan fingerprint density at radius 1 is 1.53 bits per heavy atom. The number of rotatable bonds is 3. The minimum absolute atomic E-state index is 0.135. The maximum absolute atomic E-state index is 12.1. The fourth-order valence-electron chi connectivity index (χ4n) is 2.86. The number of hydrogen-bond donors (Lipinski definition) is 3. The molecule has 2 bridgehead atoms. The molecule has 4 N–H and O–H groups in total. The van der Waals surface area contributed by atoms with E-state index in [-0.39, 0.29) is 11.8 Å². The van der Waals surface area contributed by atoms with Crippen LogP contribution in [0.25, 0.3) is 0 Å². The van der Waals surface area contributed by atoms with Crippen molar-refractivity contribution in [3.63, 3.8) is 0 Å². The molecule has 92 valence electrons. The third kappa shape index (κ3) is 2.00. The monoisotopic (exact) mass is 253 g/mol. The van der Waals surface area contributed by atoms with Crippen molar-refractivity contribution in [3.05, 3.63) is 5.01 Å². The van der Waals surface area contributed by atoms with E-state index in [1.807, 2.05) is 0 Å². The molecule has 7 heteroatoms. The summed E-state index contributed by atoms with van der Waals surface area (Å²) in [5.41, 5.74) is 5.48. The van der Waals surface area contributed by atoms with E-state index in [0.717, 1.165) is 18.0 Å². The zero-order valence-corrected chi connectivity index (χ0v) is 10.2. The molecule has 1 aromatic rings. The van der Waals surface area contributed by atoms with E-state index in [4.69, 9.17) is 5.73 Å². The third-order valence-corrected chi connectivity index (χ3v) is 4.38. The number of nitrogen functional groups attached to an aromatic ring is 1.